The summed E-state index contributed by atoms with van der Waals surface area (Å²) >= 11 is 0. The van der Waals surface area contributed by atoms with Crippen LogP contribution in [-0.4, -0.2) is 33.7 Å². The van der Waals surface area contributed by atoms with Crippen LogP contribution in [0.5, 0.6) is 0 Å². The second kappa shape index (κ2) is 50.3. The first kappa shape index (κ1) is 32.6. The van der Waals surface area contributed by atoms with Crippen molar-refractivity contribution in [3.05, 3.63) is 10.1 Å². The highest BCUT2D eigenvalue weighted by atomic mass is 79.9. The predicted octanol–water partition coefficient (Wildman–Crippen LogP) is -0.541. The highest BCUT2D eigenvalue weighted by molar-refractivity contribution is 8.93. The second-order valence-corrected chi connectivity index (χ2v) is 3.88. The van der Waals surface area contributed by atoms with Gasteiger partial charge in [0, 0.05) is 11.9 Å². The largest absolute Gasteiger partial charge is 0.330 e. The zero-order chi connectivity index (χ0) is 16.5. The van der Waals surface area contributed by atoms with Gasteiger partial charge in [0.15, 0.2) is 0 Å². The lowest BCUT2D eigenvalue weighted by molar-refractivity contribution is -0.398. The molecule has 0 aromatic carbocycles. The minimum atomic E-state index is 0. The van der Waals surface area contributed by atoms with Crippen LogP contribution in [0.25, 0.3) is 0 Å². The highest BCUT2D eigenvalue weighted by Gasteiger charge is 1.80. The molecule has 0 saturated heterocycles. The first-order valence-electron chi connectivity index (χ1n) is 7.07. The molecule has 21 heavy (non-hydrogen) atoms. The molecule has 0 amide bonds. The van der Waals surface area contributed by atoms with Gasteiger partial charge in [-0.15, -0.1) is 17.0 Å². The Morgan fingerprint density at radius 3 is 1.62 bits per heavy atom. The zero-order valence-corrected chi connectivity index (χ0v) is 15.5. The summed E-state index contributed by atoms with van der Waals surface area (Å²) in [7, 11) is 3.75. The van der Waals surface area contributed by atoms with Crippen molar-refractivity contribution in [3.8, 4) is 0 Å². The lowest BCUT2D eigenvalue weighted by atomic mass is 10.2. The van der Waals surface area contributed by atoms with Crippen molar-refractivity contribution < 1.29 is 5.34 Å². The summed E-state index contributed by atoms with van der Waals surface area (Å²) in [6.07, 6.45) is 7.18. The van der Waals surface area contributed by atoms with E-state index in [0.29, 0.717) is 0 Å². The summed E-state index contributed by atoms with van der Waals surface area (Å²) in [5, 5.41) is 11.1. The van der Waals surface area contributed by atoms with Gasteiger partial charge in [-0.05, 0) is 46.4 Å². The standard InChI is InChI=1S/2C5H14N2.C2H7N.BrH.HNO2/c1-2-3-4-5-7-6;6-4-2-1-3-5-7;1-3-2;;2-1-3/h7H,2-6H2,1H3;1-7H2;3H,1-2H3;1H;1H. The Morgan fingerprint density at radius 2 is 1.38 bits per heavy atom. The van der Waals surface area contributed by atoms with Crippen LogP contribution in [0.3, 0.4) is 0 Å². The van der Waals surface area contributed by atoms with Gasteiger partial charge in [-0.3, -0.25) is 21.4 Å². The summed E-state index contributed by atoms with van der Waals surface area (Å²) in [4.78, 5) is 8.12. The topological polar surface area (TPSA) is 156 Å². The van der Waals surface area contributed by atoms with Crippen molar-refractivity contribution in [3.63, 3.8) is 0 Å². The van der Waals surface area contributed by atoms with E-state index in [0.717, 1.165) is 32.5 Å². The van der Waals surface area contributed by atoms with Crippen LogP contribution in [0.2, 0.25) is 0 Å². The Labute approximate surface area is 140 Å². The molecule has 134 valence electrons. The lowest BCUT2D eigenvalue weighted by Crippen LogP contribution is -2.53. The van der Waals surface area contributed by atoms with E-state index >= 15 is 0 Å². The van der Waals surface area contributed by atoms with Gasteiger partial charge in [0.05, 0.1) is 0 Å². The van der Waals surface area contributed by atoms with Crippen molar-refractivity contribution in [2.75, 3.05) is 33.7 Å². The maximum Gasteiger partial charge on any atom is 0.00974 e. The Hall–Kier alpha value is -0.320. The van der Waals surface area contributed by atoms with Gasteiger partial charge in [0.2, 0.25) is 0 Å². The van der Waals surface area contributed by atoms with Gasteiger partial charge in [0.25, 0.3) is 0 Å². The number of hydrogen-bond donors (Lipinski definition) is 6. The summed E-state index contributed by atoms with van der Waals surface area (Å²) < 4.78 is 0. The van der Waals surface area contributed by atoms with E-state index in [1.807, 2.05) is 14.1 Å². The van der Waals surface area contributed by atoms with Gasteiger partial charge >= 0.3 is 0 Å². The van der Waals surface area contributed by atoms with Crippen molar-refractivity contribution >= 4 is 17.0 Å². The number of nitrogens with two attached hydrogens (primary N) is 3. The molecule has 0 bridgehead atoms. The number of rotatable bonds is 8. The van der Waals surface area contributed by atoms with E-state index in [1.165, 1.54) is 25.7 Å². The number of halogens is 1. The summed E-state index contributed by atoms with van der Waals surface area (Å²) in [5.74, 6) is 5.02. The molecule has 0 heterocycles. The van der Waals surface area contributed by atoms with E-state index in [4.69, 9.17) is 27.4 Å². The average molecular weight is 377 g/mol. The van der Waals surface area contributed by atoms with E-state index < -0.39 is 0 Å². The van der Waals surface area contributed by atoms with Gasteiger partial charge in [0.1, 0.15) is 0 Å². The molecule has 9 N–H and O–H groups in total. The SMILES string of the molecule is Br.CCCCCNN.CNC.NCCCCCN.O=[NH+][O-]. The smallest absolute Gasteiger partial charge is 0.00974 e. The van der Waals surface area contributed by atoms with Crippen molar-refractivity contribution in [2.24, 2.45) is 17.3 Å². The van der Waals surface area contributed by atoms with E-state index in [-0.39, 0.29) is 22.3 Å². The maximum atomic E-state index is 8.12. The molecule has 0 unspecified atom stereocenters. The zero-order valence-electron chi connectivity index (χ0n) is 13.8. The minimum Gasteiger partial charge on any atom is -0.330 e. The molecule has 0 aromatic heterocycles. The first-order chi connectivity index (χ1) is 9.66. The molecule has 0 atom stereocenters. The molecule has 8 nitrogen and oxygen atoms in total. The first-order valence-corrected chi connectivity index (χ1v) is 7.07. The predicted molar refractivity (Wildman–Crippen MR) is 96.7 cm³/mol. The molecular weight excluding hydrogens is 340 g/mol. The Bertz CT molecular complexity index is 118. The number of hydrazine groups is 1. The Kier molecular flexibility index (Phi) is 78.1. The van der Waals surface area contributed by atoms with Crippen LogP contribution in [0.15, 0.2) is 0 Å². The average Bonchev–Trinajstić information content (AvgIpc) is 2.43. The number of hydrogen-bond acceptors (Lipinski definition) is 7. The highest BCUT2D eigenvalue weighted by Crippen LogP contribution is 1.89. The molecule has 0 saturated carbocycles. The van der Waals surface area contributed by atoms with Crippen LogP contribution in [-0.2, 0) is 0 Å². The fourth-order valence-corrected chi connectivity index (χ4v) is 0.943. The molecule has 0 aliphatic rings. The quantitative estimate of drug-likeness (QED) is 0.144. The normalized spacial score (nSPS) is 7.71. The van der Waals surface area contributed by atoms with Crippen LogP contribution in [0.4, 0.5) is 0 Å². The van der Waals surface area contributed by atoms with Crippen molar-refractivity contribution in [1.29, 1.82) is 0 Å². The van der Waals surface area contributed by atoms with Crippen LogP contribution < -0.4 is 33.4 Å². The van der Waals surface area contributed by atoms with Gasteiger partial charge in [-0.25, -0.2) is 0 Å². The molecule has 0 aliphatic carbocycles. The molecule has 0 aliphatic heterocycles. The lowest BCUT2D eigenvalue weighted by Gasteiger charge is -1.93. The van der Waals surface area contributed by atoms with Crippen LogP contribution in [0.1, 0.15) is 45.4 Å². The molecule has 0 aromatic rings. The van der Waals surface area contributed by atoms with E-state index in [2.05, 4.69) is 17.7 Å². The van der Waals surface area contributed by atoms with E-state index in [1.54, 1.807) is 0 Å². The van der Waals surface area contributed by atoms with Crippen LogP contribution >= 0.6 is 17.0 Å². The molecule has 0 spiro atoms. The minimum absolute atomic E-state index is 0. The van der Waals surface area contributed by atoms with Crippen LogP contribution in [0, 0.1) is 10.1 Å². The molecule has 0 rings (SSSR count). The third kappa shape index (κ3) is 104. The van der Waals surface area contributed by atoms with Gasteiger partial charge < -0.3 is 16.8 Å². The van der Waals surface area contributed by atoms with Gasteiger partial charge in [-0.2, -0.15) is 0 Å². The Morgan fingerprint density at radius 1 is 1.00 bits per heavy atom. The fraction of sp³-hybridized carbons (Fsp3) is 1.00. The van der Waals surface area contributed by atoms with Crippen molar-refractivity contribution in [1.82, 2.24) is 10.7 Å². The summed E-state index contributed by atoms with van der Waals surface area (Å²) in [5.41, 5.74) is 13.1. The maximum absolute atomic E-state index is 8.12. The Balaban J connectivity index is -0.0000000576. The monoisotopic (exact) mass is 376 g/mol. The molecular formula is C12H37BrN6O2. The molecule has 0 fully saturated rings. The summed E-state index contributed by atoms with van der Waals surface area (Å²) in [6, 6.07) is 0. The third-order valence-electron chi connectivity index (χ3n) is 1.83. The number of unbranched alkanes of at least 4 members (excludes halogenated alkanes) is 4. The second-order valence-electron chi connectivity index (χ2n) is 3.88. The van der Waals surface area contributed by atoms with E-state index in [9.17, 15) is 0 Å². The fourth-order valence-electron chi connectivity index (χ4n) is 0.943. The van der Waals surface area contributed by atoms with Gasteiger partial charge in [-0.1, -0.05) is 26.2 Å². The molecule has 9 heteroatoms. The van der Waals surface area contributed by atoms with Crippen molar-refractivity contribution in [2.45, 2.75) is 45.4 Å². The number of nitrogens with one attached hydrogen (secondary N) is 3. The summed E-state index contributed by atoms with van der Waals surface area (Å²) in [6.45, 7) is 4.74. The third-order valence-corrected chi connectivity index (χ3v) is 1.83. The molecule has 0 radical (unpaired) electrons.